The molecule has 25 heavy (non-hydrogen) atoms. The molecule has 0 saturated heterocycles. The molecule has 0 aliphatic heterocycles. The van der Waals surface area contributed by atoms with Crippen LogP contribution in [0.25, 0.3) is 0 Å². The molecule has 0 heterocycles. The van der Waals surface area contributed by atoms with Crippen LogP contribution in [-0.4, -0.2) is 30.5 Å². The van der Waals surface area contributed by atoms with Crippen LogP contribution < -0.4 is 4.74 Å². The van der Waals surface area contributed by atoms with Gasteiger partial charge in [0.05, 0.1) is 12.0 Å². The molecule has 3 rings (SSSR count). The number of rotatable bonds is 7. The minimum atomic E-state index is -0.589. The molecule has 2 aromatic rings. The second-order valence-electron chi connectivity index (χ2n) is 6.48. The summed E-state index contributed by atoms with van der Waals surface area (Å²) in [5.74, 6) is 0.738. The van der Waals surface area contributed by atoms with Crippen LogP contribution in [0.1, 0.15) is 25.8 Å². The summed E-state index contributed by atoms with van der Waals surface area (Å²) < 4.78 is 19.2. The number of para-hydroxylation sites is 1. The Bertz CT molecular complexity index is 712. The van der Waals surface area contributed by atoms with E-state index in [1.807, 2.05) is 49.1 Å². The van der Waals surface area contributed by atoms with Crippen molar-refractivity contribution in [1.29, 1.82) is 0 Å². The van der Waals surface area contributed by atoms with Crippen molar-refractivity contribution in [1.82, 2.24) is 4.90 Å². The van der Waals surface area contributed by atoms with E-state index < -0.39 is 5.41 Å². The van der Waals surface area contributed by atoms with Crippen molar-refractivity contribution >= 4 is 5.91 Å². The quantitative estimate of drug-likeness (QED) is 0.761. The molecular formula is C21H24FNO2. The van der Waals surface area contributed by atoms with Crippen molar-refractivity contribution in [2.75, 3.05) is 19.7 Å². The van der Waals surface area contributed by atoms with E-state index in [1.165, 1.54) is 12.1 Å². The first kappa shape index (κ1) is 17.5. The van der Waals surface area contributed by atoms with Crippen LogP contribution in [0.2, 0.25) is 0 Å². The van der Waals surface area contributed by atoms with Gasteiger partial charge in [0.2, 0.25) is 5.91 Å². The third-order valence-electron chi connectivity index (χ3n) is 5.09. The zero-order valence-corrected chi connectivity index (χ0v) is 14.7. The molecule has 1 aliphatic carbocycles. The molecule has 0 aromatic heterocycles. The number of ether oxygens (including phenoxy) is 1. The molecule has 0 bridgehead atoms. The predicted octanol–water partition coefficient (Wildman–Crippen LogP) is 4.03. The van der Waals surface area contributed by atoms with Crippen molar-refractivity contribution in [2.45, 2.75) is 25.7 Å². The van der Waals surface area contributed by atoms with Crippen molar-refractivity contribution < 1.29 is 13.9 Å². The average molecular weight is 341 g/mol. The minimum absolute atomic E-state index is 0.103. The molecule has 0 spiro atoms. The lowest BCUT2D eigenvalue weighted by atomic mass is 9.91. The third kappa shape index (κ3) is 3.39. The van der Waals surface area contributed by atoms with Gasteiger partial charge in [0, 0.05) is 19.0 Å². The number of halogens is 1. The first-order valence-corrected chi connectivity index (χ1v) is 8.85. The Hall–Kier alpha value is -2.36. The van der Waals surface area contributed by atoms with E-state index in [2.05, 4.69) is 0 Å². The van der Waals surface area contributed by atoms with Crippen molar-refractivity contribution in [2.24, 2.45) is 5.92 Å². The topological polar surface area (TPSA) is 29.5 Å². The van der Waals surface area contributed by atoms with Crippen molar-refractivity contribution in [3.05, 3.63) is 66.0 Å². The number of likely N-dealkylation sites (N-methyl/N-ethyl adjacent to an activating group) is 1. The molecule has 4 heteroatoms. The molecule has 0 N–H and O–H groups in total. The van der Waals surface area contributed by atoms with E-state index in [4.69, 9.17) is 4.74 Å². The highest BCUT2D eigenvalue weighted by Crippen LogP contribution is 2.55. The van der Waals surface area contributed by atoms with E-state index in [-0.39, 0.29) is 17.6 Å². The molecule has 2 aromatic carbocycles. The highest BCUT2D eigenvalue weighted by molar-refractivity contribution is 5.92. The van der Waals surface area contributed by atoms with Gasteiger partial charge in [0.25, 0.3) is 0 Å². The third-order valence-corrected chi connectivity index (χ3v) is 5.09. The Balaban J connectivity index is 1.82. The van der Waals surface area contributed by atoms with Gasteiger partial charge >= 0.3 is 0 Å². The second kappa shape index (κ2) is 7.26. The van der Waals surface area contributed by atoms with Crippen LogP contribution in [0.3, 0.4) is 0 Å². The van der Waals surface area contributed by atoms with Crippen LogP contribution >= 0.6 is 0 Å². The summed E-state index contributed by atoms with van der Waals surface area (Å²) in [6.45, 7) is 5.79. The fourth-order valence-corrected chi connectivity index (χ4v) is 3.52. The van der Waals surface area contributed by atoms with Crippen LogP contribution in [-0.2, 0) is 10.2 Å². The summed E-state index contributed by atoms with van der Waals surface area (Å²) in [6, 6.07) is 15.9. The van der Waals surface area contributed by atoms with Crippen molar-refractivity contribution in [3.63, 3.8) is 0 Å². The maximum Gasteiger partial charge on any atom is 0.233 e. The molecule has 3 nitrogen and oxygen atoms in total. The molecule has 2 atom stereocenters. The molecule has 0 unspecified atom stereocenters. The number of amides is 1. The summed E-state index contributed by atoms with van der Waals surface area (Å²) in [6.07, 6.45) is 0.737. The van der Waals surface area contributed by atoms with Crippen molar-refractivity contribution in [3.8, 4) is 5.75 Å². The normalized spacial score (nSPS) is 21.6. The van der Waals surface area contributed by atoms with Crippen LogP contribution in [0.4, 0.5) is 4.39 Å². The number of hydrogen-bond donors (Lipinski definition) is 0. The summed E-state index contributed by atoms with van der Waals surface area (Å²) in [7, 11) is 0. The smallest absolute Gasteiger partial charge is 0.233 e. The first-order valence-electron chi connectivity index (χ1n) is 8.85. The summed E-state index contributed by atoms with van der Waals surface area (Å²) >= 11 is 0. The predicted molar refractivity (Wildman–Crippen MR) is 96.1 cm³/mol. The summed E-state index contributed by atoms with van der Waals surface area (Å²) in [5.41, 5.74) is 0.293. The van der Waals surface area contributed by atoms with E-state index >= 15 is 0 Å². The van der Waals surface area contributed by atoms with E-state index in [1.54, 1.807) is 12.1 Å². The Morgan fingerprint density at radius 3 is 2.36 bits per heavy atom. The number of carbonyl (C=O) groups is 1. The van der Waals surface area contributed by atoms with E-state index in [0.717, 1.165) is 17.7 Å². The molecule has 1 saturated carbocycles. The monoisotopic (exact) mass is 341 g/mol. The van der Waals surface area contributed by atoms with Gasteiger partial charge in [-0.2, -0.15) is 0 Å². The maximum atomic E-state index is 13.3. The molecule has 1 amide bonds. The van der Waals surface area contributed by atoms with E-state index in [9.17, 15) is 9.18 Å². The Kier molecular flexibility index (Phi) is 5.07. The fourth-order valence-electron chi connectivity index (χ4n) is 3.52. The van der Waals surface area contributed by atoms with Gasteiger partial charge in [0.1, 0.15) is 11.6 Å². The van der Waals surface area contributed by atoms with Gasteiger partial charge < -0.3 is 9.64 Å². The molecule has 1 aliphatic rings. The van der Waals surface area contributed by atoms with Crippen LogP contribution in [0.15, 0.2) is 54.6 Å². The first-order chi connectivity index (χ1) is 12.1. The highest BCUT2D eigenvalue weighted by atomic mass is 19.1. The average Bonchev–Trinajstić information content (AvgIpc) is 3.38. The molecule has 1 fully saturated rings. The van der Waals surface area contributed by atoms with Gasteiger partial charge in [-0.1, -0.05) is 30.3 Å². The minimum Gasteiger partial charge on any atom is -0.493 e. The van der Waals surface area contributed by atoms with Gasteiger partial charge in [-0.25, -0.2) is 4.39 Å². The Morgan fingerprint density at radius 1 is 1.12 bits per heavy atom. The number of benzene rings is 2. The molecular weight excluding hydrogens is 317 g/mol. The molecule has 0 radical (unpaired) electrons. The number of hydrogen-bond acceptors (Lipinski definition) is 2. The molecule has 132 valence electrons. The van der Waals surface area contributed by atoms with Crippen LogP contribution in [0.5, 0.6) is 5.75 Å². The summed E-state index contributed by atoms with van der Waals surface area (Å²) in [5, 5.41) is 0. The van der Waals surface area contributed by atoms with Gasteiger partial charge in [-0.3, -0.25) is 4.79 Å². The second-order valence-corrected chi connectivity index (χ2v) is 6.48. The number of carbonyl (C=O) groups excluding carboxylic acids is 1. The van der Waals surface area contributed by atoms with Crippen LogP contribution in [0, 0.1) is 11.7 Å². The van der Waals surface area contributed by atoms with Gasteiger partial charge in [-0.15, -0.1) is 0 Å². The Morgan fingerprint density at radius 2 is 1.76 bits per heavy atom. The number of nitrogens with zero attached hydrogens (tertiary/aromatic N) is 1. The van der Waals surface area contributed by atoms with E-state index in [0.29, 0.717) is 19.7 Å². The lowest BCUT2D eigenvalue weighted by Crippen LogP contribution is -2.40. The maximum absolute atomic E-state index is 13.3. The van der Waals surface area contributed by atoms with Gasteiger partial charge in [-0.05, 0) is 50.1 Å². The van der Waals surface area contributed by atoms with Gasteiger partial charge in [0.15, 0.2) is 0 Å². The standard InChI is InChI=1S/C21H24FNO2/c1-3-23(4-2)20(24)21(16-10-12-18(22)13-11-16)14-17(21)15-25-19-8-6-5-7-9-19/h5-13,17H,3-4,14-15H2,1-2H3/t17-,21+/m0/s1. The lowest BCUT2D eigenvalue weighted by Gasteiger charge is -2.26. The zero-order chi connectivity index (χ0) is 17.9. The largest absolute Gasteiger partial charge is 0.493 e. The SMILES string of the molecule is CCN(CC)C(=O)[C@@]1(c2ccc(F)cc2)C[C@H]1COc1ccccc1. The Labute approximate surface area is 148 Å². The summed E-state index contributed by atoms with van der Waals surface area (Å²) in [4.78, 5) is 15.0. The highest BCUT2D eigenvalue weighted by Gasteiger charge is 2.62. The fraction of sp³-hybridized carbons (Fsp3) is 0.381. The lowest BCUT2D eigenvalue weighted by molar-refractivity contribution is -0.134. The zero-order valence-electron chi connectivity index (χ0n) is 14.7.